The number of aromatic nitrogens is 2. The highest BCUT2D eigenvalue weighted by Crippen LogP contribution is 2.27. The lowest BCUT2D eigenvalue weighted by molar-refractivity contribution is 0.0519. The van der Waals surface area contributed by atoms with Crippen LogP contribution in [0.15, 0.2) is 59.6 Å². The lowest BCUT2D eigenvalue weighted by Crippen LogP contribution is -2.13. The van der Waals surface area contributed by atoms with Gasteiger partial charge in [0.2, 0.25) is 0 Å². The van der Waals surface area contributed by atoms with Gasteiger partial charge in [0.15, 0.2) is 5.69 Å². The molecule has 0 saturated heterocycles. The van der Waals surface area contributed by atoms with Crippen LogP contribution in [0.25, 0.3) is 5.69 Å². The number of anilines is 1. The first-order valence-corrected chi connectivity index (χ1v) is 10.3. The predicted molar refractivity (Wildman–Crippen MR) is 107 cm³/mol. The second-order valence-corrected chi connectivity index (χ2v) is 8.09. The summed E-state index contributed by atoms with van der Waals surface area (Å²) in [7, 11) is -3.91. The maximum atomic E-state index is 12.5. The van der Waals surface area contributed by atoms with Crippen LogP contribution in [-0.4, -0.2) is 30.8 Å². The van der Waals surface area contributed by atoms with Crippen molar-refractivity contribution in [3.05, 3.63) is 70.5 Å². The number of carbonyl (C=O) groups is 1. The topological polar surface area (TPSA) is 90.3 Å². The minimum absolute atomic E-state index is 0.0663. The van der Waals surface area contributed by atoms with Crippen molar-refractivity contribution in [1.29, 1.82) is 0 Å². The Morgan fingerprint density at radius 2 is 1.86 bits per heavy atom. The molecule has 3 rings (SSSR count). The van der Waals surface area contributed by atoms with Crippen molar-refractivity contribution in [2.24, 2.45) is 0 Å². The highest BCUT2D eigenvalue weighted by molar-refractivity contribution is 7.92. The summed E-state index contributed by atoms with van der Waals surface area (Å²) in [6.45, 7) is 1.97. The largest absolute Gasteiger partial charge is 0.461 e. The summed E-state index contributed by atoms with van der Waals surface area (Å²) in [5.41, 5.74) is 1.15. The normalized spacial score (nSPS) is 11.2. The average molecular weight is 440 g/mol. The van der Waals surface area contributed by atoms with Gasteiger partial charge in [0.05, 0.1) is 17.3 Å². The van der Waals surface area contributed by atoms with Crippen LogP contribution in [0, 0.1) is 0 Å². The molecular formula is C18H15Cl2N3O4S. The quantitative estimate of drug-likeness (QED) is 0.582. The Kier molecular flexibility index (Phi) is 5.93. The minimum Gasteiger partial charge on any atom is -0.461 e. The van der Waals surface area contributed by atoms with Gasteiger partial charge in [-0.1, -0.05) is 23.2 Å². The zero-order chi connectivity index (χ0) is 20.3. The van der Waals surface area contributed by atoms with Crippen LogP contribution >= 0.6 is 23.2 Å². The molecule has 0 bridgehead atoms. The van der Waals surface area contributed by atoms with Gasteiger partial charge in [0.25, 0.3) is 10.0 Å². The lowest BCUT2D eigenvalue weighted by atomic mass is 10.3. The van der Waals surface area contributed by atoms with Gasteiger partial charge >= 0.3 is 5.97 Å². The van der Waals surface area contributed by atoms with Crippen molar-refractivity contribution >= 4 is 44.9 Å². The third-order valence-electron chi connectivity index (χ3n) is 3.64. The molecule has 0 unspecified atom stereocenters. The summed E-state index contributed by atoms with van der Waals surface area (Å²) in [5, 5.41) is 4.47. The highest BCUT2D eigenvalue weighted by Gasteiger charge is 2.19. The summed E-state index contributed by atoms with van der Waals surface area (Å²) < 4.78 is 33.9. The fraction of sp³-hybridized carbons (Fsp3) is 0.111. The number of hydrogen-bond acceptors (Lipinski definition) is 5. The molecule has 7 nitrogen and oxygen atoms in total. The first kappa shape index (κ1) is 20.2. The highest BCUT2D eigenvalue weighted by atomic mass is 35.5. The van der Waals surface area contributed by atoms with Crippen LogP contribution in [0.2, 0.25) is 10.0 Å². The molecule has 1 heterocycles. The van der Waals surface area contributed by atoms with E-state index in [9.17, 15) is 13.2 Å². The Bertz CT molecular complexity index is 1110. The van der Waals surface area contributed by atoms with Crippen molar-refractivity contribution in [2.45, 2.75) is 11.8 Å². The Balaban J connectivity index is 1.79. The molecule has 1 N–H and O–H groups in total. The standard InChI is InChI=1S/C18H15Cl2N3O4S/c1-2-27-18(24)16-9-10-23(21-16)14-6-4-13(5-7-14)22-28(25,26)17-11-12(19)3-8-15(17)20/h3-11,22H,2H2,1H3. The molecule has 28 heavy (non-hydrogen) atoms. The lowest BCUT2D eigenvalue weighted by Gasteiger charge is -2.10. The zero-order valence-corrected chi connectivity index (χ0v) is 16.9. The van der Waals surface area contributed by atoms with Gasteiger partial charge in [-0.3, -0.25) is 4.72 Å². The zero-order valence-electron chi connectivity index (χ0n) is 14.6. The number of nitrogens with one attached hydrogen (secondary N) is 1. The van der Waals surface area contributed by atoms with Gasteiger partial charge in [-0.25, -0.2) is 17.9 Å². The summed E-state index contributed by atoms with van der Waals surface area (Å²) in [5.74, 6) is -0.510. The summed E-state index contributed by atoms with van der Waals surface area (Å²) in [6, 6.07) is 12.2. The molecule has 0 aliphatic carbocycles. The number of sulfonamides is 1. The maximum Gasteiger partial charge on any atom is 0.358 e. The molecule has 0 saturated carbocycles. The van der Waals surface area contributed by atoms with Gasteiger partial charge in [0, 0.05) is 16.9 Å². The number of benzene rings is 2. The van der Waals surface area contributed by atoms with E-state index in [2.05, 4.69) is 9.82 Å². The monoisotopic (exact) mass is 439 g/mol. The fourth-order valence-corrected chi connectivity index (χ4v) is 4.18. The SMILES string of the molecule is CCOC(=O)c1ccn(-c2ccc(NS(=O)(=O)c3cc(Cl)ccc3Cl)cc2)n1. The smallest absolute Gasteiger partial charge is 0.358 e. The molecule has 3 aromatic rings. The van der Waals surface area contributed by atoms with E-state index < -0.39 is 16.0 Å². The third-order valence-corrected chi connectivity index (χ3v) is 5.74. The average Bonchev–Trinajstić information content (AvgIpc) is 3.14. The first-order valence-electron chi connectivity index (χ1n) is 8.11. The number of carbonyl (C=O) groups excluding carboxylic acids is 1. The Morgan fingerprint density at radius 1 is 1.14 bits per heavy atom. The fourth-order valence-electron chi connectivity index (χ4n) is 2.36. The maximum absolute atomic E-state index is 12.5. The molecule has 1 aromatic heterocycles. The second-order valence-electron chi connectivity index (χ2n) is 5.59. The van der Waals surface area contributed by atoms with E-state index in [-0.39, 0.29) is 27.2 Å². The number of nitrogens with zero attached hydrogens (tertiary/aromatic N) is 2. The number of rotatable bonds is 6. The van der Waals surface area contributed by atoms with Crippen molar-refractivity contribution in [3.8, 4) is 5.69 Å². The number of esters is 1. The van der Waals surface area contributed by atoms with Crippen LogP contribution in [0.4, 0.5) is 5.69 Å². The van der Waals surface area contributed by atoms with Crippen LogP contribution in [-0.2, 0) is 14.8 Å². The Hall–Kier alpha value is -2.55. The van der Waals surface area contributed by atoms with E-state index in [0.29, 0.717) is 11.4 Å². The van der Waals surface area contributed by atoms with Crippen LogP contribution in [0.5, 0.6) is 0 Å². The minimum atomic E-state index is -3.91. The molecule has 2 aromatic carbocycles. The molecule has 0 fully saturated rings. The van der Waals surface area contributed by atoms with Crippen LogP contribution < -0.4 is 4.72 Å². The third kappa shape index (κ3) is 4.46. The molecular weight excluding hydrogens is 425 g/mol. The Morgan fingerprint density at radius 3 is 2.54 bits per heavy atom. The van der Waals surface area contributed by atoms with E-state index in [1.807, 2.05) is 0 Å². The van der Waals surface area contributed by atoms with Crippen molar-refractivity contribution < 1.29 is 17.9 Å². The molecule has 10 heteroatoms. The summed E-state index contributed by atoms with van der Waals surface area (Å²) in [6.07, 6.45) is 1.61. The number of halogens is 2. The molecule has 0 aliphatic rings. The van der Waals surface area contributed by atoms with E-state index in [1.165, 1.54) is 28.9 Å². The van der Waals surface area contributed by atoms with Gasteiger partial charge in [-0.05, 0) is 55.5 Å². The molecule has 146 valence electrons. The molecule has 0 aliphatic heterocycles. The Labute approximate surface area is 171 Å². The first-order chi connectivity index (χ1) is 13.3. The van der Waals surface area contributed by atoms with E-state index in [0.717, 1.165) is 0 Å². The number of hydrogen-bond donors (Lipinski definition) is 1. The summed E-state index contributed by atoms with van der Waals surface area (Å²) >= 11 is 11.8. The van der Waals surface area contributed by atoms with E-state index in [1.54, 1.807) is 37.4 Å². The molecule has 0 amide bonds. The molecule has 0 spiro atoms. The van der Waals surface area contributed by atoms with Gasteiger partial charge in [-0.15, -0.1) is 0 Å². The predicted octanol–water partition coefficient (Wildman–Crippen LogP) is 4.16. The van der Waals surface area contributed by atoms with Crippen molar-refractivity contribution in [2.75, 3.05) is 11.3 Å². The van der Waals surface area contributed by atoms with E-state index >= 15 is 0 Å². The number of ether oxygens (including phenoxy) is 1. The van der Waals surface area contributed by atoms with E-state index in [4.69, 9.17) is 27.9 Å². The van der Waals surface area contributed by atoms with Crippen molar-refractivity contribution in [3.63, 3.8) is 0 Å². The van der Waals surface area contributed by atoms with Crippen molar-refractivity contribution in [1.82, 2.24) is 9.78 Å². The van der Waals surface area contributed by atoms with Crippen LogP contribution in [0.3, 0.4) is 0 Å². The molecule has 0 atom stereocenters. The van der Waals surface area contributed by atoms with Gasteiger partial charge in [-0.2, -0.15) is 5.10 Å². The van der Waals surface area contributed by atoms with Gasteiger partial charge < -0.3 is 4.74 Å². The van der Waals surface area contributed by atoms with Crippen LogP contribution in [0.1, 0.15) is 17.4 Å². The second kappa shape index (κ2) is 8.22. The molecule has 0 radical (unpaired) electrons. The van der Waals surface area contributed by atoms with Gasteiger partial charge in [0.1, 0.15) is 4.90 Å². The summed E-state index contributed by atoms with van der Waals surface area (Å²) in [4.78, 5) is 11.6.